The second-order valence-corrected chi connectivity index (χ2v) is 8.30. The molecule has 2 aromatic rings. The van der Waals surface area contributed by atoms with E-state index in [1.807, 2.05) is 0 Å². The van der Waals surface area contributed by atoms with Crippen molar-refractivity contribution in [2.75, 3.05) is 4.72 Å². The van der Waals surface area contributed by atoms with Gasteiger partial charge in [-0.2, -0.15) is 0 Å². The second-order valence-electron chi connectivity index (χ2n) is 5.39. The van der Waals surface area contributed by atoms with Crippen LogP contribution in [0.4, 0.5) is 5.13 Å². The number of nitrogens with zero attached hydrogens (tertiary/aromatic N) is 1. The van der Waals surface area contributed by atoms with E-state index in [1.165, 1.54) is 12.1 Å². The summed E-state index contributed by atoms with van der Waals surface area (Å²) < 4.78 is 32.5. The van der Waals surface area contributed by atoms with Crippen molar-refractivity contribution in [1.29, 1.82) is 0 Å². The molecule has 136 valence electrons. The Labute approximate surface area is 155 Å². The summed E-state index contributed by atoms with van der Waals surface area (Å²) in [5.41, 5.74) is 6.36. The molecule has 0 aliphatic carbocycles. The maximum absolute atomic E-state index is 12.6. The number of esters is 1. The van der Waals surface area contributed by atoms with Gasteiger partial charge in [-0.25, -0.2) is 13.4 Å². The van der Waals surface area contributed by atoms with Crippen molar-refractivity contribution in [3.63, 3.8) is 0 Å². The monoisotopic (exact) mass is 403 g/mol. The average Bonchev–Trinajstić information content (AvgIpc) is 2.92. The van der Waals surface area contributed by atoms with Crippen LogP contribution < -0.4 is 10.5 Å². The smallest absolute Gasteiger partial charge is 0.312 e. The van der Waals surface area contributed by atoms with E-state index in [-0.39, 0.29) is 34.1 Å². The normalized spacial score (nSPS) is 11.6. The third-order valence-electron chi connectivity index (χ3n) is 3.04. The van der Waals surface area contributed by atoms with Gasteiger partial charge in [0.2, 0.25) is 0 Å². The third kappa shape index (κ3) is 5.15. The molecule has 0 amide bonds. The number of aromatic nitrogens is 1. The molecule has 0 saturated carbocycles. The largest absolute Gasteiger partial charge is 0.463 e. The number of anilines is 1. The molecule has 0 unspecified atom stereocenters. The number of thiazole rings is 1. The highest BCUT2D eigenvalue weighted by molar-refractivity contribution is 7.93. The molecule has 0 spiro atoms. The van der Waals surface area contributed by atoms with Crippen LogP contribution in [-0.4, -0.2) is 25.5 Å². The van der Waals surface area contributed by atoms with E-state index in [4.69, 9.17) is 22.1 Å². The maximum Gasteiger partial charge on any atom is 0.312 e. The van der Waals surface area contributed by atoms with Crippen molar-refractivity contribution in [1.82, 2.24) is 4.98 Å². The van der Waals surface area contributed by atoms with E-state index in [0.717, 1.165) is 11.3 Å². The minimum atomic E-state index is -3.90. The Balaban J connectivity index is 2.17. The van der Waals surface area contributed by atoms with Crippen molar-refractivity contribution < 1.29 is 17.9 Å². The van der Waals surface area contributed by atoms with Crippen LogP contribution >= 0.6 is 22.9 Å². The zero-order valence-corrected chi connectivity index (χ0v) is 16.0. The van der Waals surface area contributed by atoms with E-state index >= 15 is 0 Å². The fourth-order valence-electron chi connectivity index (χ4n) is 2.05. The highest BCUT2D eigenvalue weighted by Crippen LogP contribution is 2.26. The number of hydrogen-bond donors (Lipinski definition) is 2. The highest BCUT2D eigenvalue weighted by atomic mass is 35.5. The summed E-state index contributed by atoms with van der Waals surface area (Å²) in [4.78, 5) is 15.7. The van der Waals surface area contributed by atoms with E-state index in [2.05, 4.69) is 9.71 Å². The molecular formula is C15H18ClN3O4S2. The summed E-state index contributed by atoms with van der Waals surface area (Å²) in [6.07, 6.45) is -0.247. The van der Waals surface area contributed by atoms with Gasteiger partial charge in [0.25, 0.3) is 10.0 Å². The van der Waals surface area contributed by atoms with Crippen LogP contribution in [0, 0.1) is 0 Å². The van der Waals surface area contributed by atoms with E-state index in [1.54, 1.807) is 25.3 Å². The Kier molecular flexibility index (Phi) is 6.39. The molecule has 0 bridgehead atoms. The van der Waals surface area contributed by atoms with Gasteiger partial charge < -0.3 is 10.5 Å². The van der Waals surface area contributed by atoms with Crippen molar-refractivity contribution >= 4 is 44.1 Å². The topological polar surface area (TPSA) is 111 Å². The van der Waals surface area contributed by atoms with Gasteiger partial charge >= 0.3 is 5.97 Å². The lowest BCUT2D eigenvalue weighted by atomic mass is 10.2. The van der Waals surface area contributed by atoms with Gasteiger partial charge in [0.05, 0.1) is 23.1 Å². The van der Waals surface area contributed by atoms with Gasteiger partial charge in [-0.3, -0.25) is 9.52 Å². The van der Waals surface area contributed by atoms with Crippen molar-refractivity contribution in [3.05, 3.63) is 39.9 Å². The van der Waals surface area contributed by atoms with Crippen molar-refractivity contribution in [3.8, 4) is 0 Å². The van der Waals surface area contributed by atoms with Crippen molar-refractivity contribution in [2.45, 2.75) is 37.8 Å². The van der Waals surface area contributed by atoms with Crippen LogP contribution in [0.5, 0.6) is 0 Å². The number of carbonyl (C=O) groups excluding carboxylic acids is 1. The van der Waals surface area contributed by atoms with Gasteiger partial charge in [0.15, 0.2) is 5.13 Å². The van der Waals surface area contributed by atoms with E-state index in [0.29, 0.717) is 11.3 Å². The van der Waals surface area contributed by atoms with Gasteiger partial charge in [-0.1, -0.05) is 17.7 Å². The number of rotatable bonds is 7. The molecule has 0 aliphatic rings. The minimum Gasteiger partial charge on any atom is -0.463 e. The summed E-state index contributed by atoms with van der Waals surface area (Å²) in [6.45, 7) is 3.48. The first-order valence-electron chi connectivity index (χ1n) is 7.37. The number of benzene rings is 1. The Morgan fingerprint density at radius 2 is 2.16 bits per heavy atom. The molecule has 25 heavy (non-hydrogen) atoms. The molecule has 1 heterocycles. The summed E-state index contributed by atoms with van der Waals surface area (Å²) in [6, 6.07) is 4.53. The molecule has 1 aromatic heterocycles. The molecular weight excluding hydrogens is 386 g/mol. The van der Waals surface area contributed by atoms with E-state index < -0.39 is 16.0 Å². The Morgan fingerprint density at radius 3 is 2.80 bits per heavy atom. The molecule has 7 nitrogen and oxygen atoms in total. The zero-order valence-electron chi connectivity index (χ0n) is 13.7. The standard InChI is InChI=1S/C15H18ClN3O4S2/c1-9(2)23-14(20)6-10-8-24-15(18-10)19-25(21,22)13-5-3-4-12(16)11(13)7-17/h3-5,8-9H,6-7,17H2,1-2H3,(H,18,19). The van der Waals surface area contributed by atoms with E-state index in [9.17, 15) is 13.2 Å². The van der Waals surface area contributed by atoms with Gasteiger partial charge in [0.1, 0.15) is 0 Å². The number of carbonyl (C=O) groups is 1. The first-order chi connectivity index (χ1) is 11.7. The molecule has 10 heteroatoms. The number of nitrogens with one attached hydrogen (secondary N) is 1. The maximum atomic E-state index is 12.6. The molecule has 1 aromatic carbocycles. The molecule has 0 aliphatic heterocycles. The summed E-state index contributed by atoms with van der Waals surface area (Å²) in [5.74, 6) is -0.421. The molecule has 0 atom stereocenters. The lowest BCUT2D eigenvalue weighted by Crippen LogP contribution is -2.17. The van der Waals surface area contributed by atoms with Crippen molar-refractivity contribution in [2.24, 2.45) is 5.73 Å². The fraction of sp³-hybridized carbons (Fsp3) is 0.333. The molecule has 0 fully saturated rings. The summed E-state index contributed by atoms with van der Waals surface area (Å²) >= 11 is 7.08. The lowest BCUT2D eigenvalue weighted by molar-refractivity contribution is -0.146. The van der Waals surface area contributed by atoms with Crippen LogP contribution in [0.2, 0.25) is 5.02 Å². The second kappa shape index (κ2) is 8.13. The highest BCUT2D eigenvalue weighted by Gasteiger charge is 2.21. The first-order valence-corrected chi connectivity index (χ1v) is 10.1. The Bertz CT molecular complexity index is 865. The number of halogens is 1. The number of sulfonamides is 1. The first kappa shape index (κ1) is 19.6. The zero-order chi connectivity index (χ0) is 18.6. The average molecular weight is 404 g/mol. The Hall–Kier alpha value is -1.68. The summed E-state index contributed by atoms with van der Waals surface area (Å²) in [5, 5.41) is 2.03. The van der Waals surface area contributed by atoms with Gasteiger partial charge in [-0.05, 0) is 26.0 Å². The Morgan fingerprint density at radius 1 is 1.44 bits per heavy atom. The predicted octanol–water partition coefficient (Wildman–Crippen LogP) is 2.55. The number of ether oxygens (including phenoxy) is 1. The number of hydrogen-bond acceptors (Lipinski definition) is 7. The number of nitrogens with two attached hydrogens (primary N) is 1. The van der Waals surface area contributed by atoms with Crippen LogP contribution in [0.15, 0.2) is 28.5 Å². The minimum absolute atomic E-state index is 0.00142. The SMILES string of the molecule is CC(C)OC(=O)Cc1csc(NS(=O)(=O)c2cccc(Cl)c2CN)n1. The van der Waals surface area contributed by atoms with Crippen LogP contribution in [-0.2, 0) is 32.5 Å². The molecule has 2 rings (SSSR count). The fourth-order valence-corrected chi connectivity index (χ4v) is 4.59. The molecule has 3 N–H and O–H groups in total. The summed E-state index contributed by atoms with van der Waals surface area (Å²) in [7, 11) is -3.90. The third-order valence-corrected chi connectivity index (χ3v) is 5.75. The van der Waals surface area contributed by atoms with Crippen LogP contribution in [0.25, 0.3) is 0 Å². The van der Waals surface area contributed by atoms with Crippen LogP contribution in [0.1, 0.15) is 25.1 Å². The molecule has 0 radical (unpaired) electrons. The quantitative estimate of drug-likeness (QED) is 0.687. The van der Waals surface area contributed by atoms with Gasteiger partial charge in [-0.15, -0.1) is 11.3 Å². The van der Waals surface area contributed by atoms with Gasteiger partial charge in [0, 0.05) is 22.5 Å². The lowest BCUT2D eigenvalue weighted by Gasteiger charge is -2.10. The molecule has 0 saturated heterocycles. The van der Waals surface area contributed by atoms with Crippen LogP contribution in [0.3, 0.4) is 0 Å². The predicted molar refractivity (Wildman–Crippen MR) is 97.2 cm³/mol.